The van der Waals surface area contributed by atoms with E-state index in [9.17, 15) is 4.79 Å². The number of carbonyl (C=O) groups is 1. The van der Waals surface area contributed by atoms with Crippen molar-refractivity contribution in [1.29, 1.82) is 0 Å². The summed E-state index contributed by atoms with van der Waals surface area (Å²) >= 11 is 0. The van der Waals surface area contributed by atoms with Crippen LogP contribution in [-0.2, 0) is 11.3 Å². The Hall–Kier alpha value is -1.47. The van der Waals surface area contributed by atoms with Gasteiger partial charge in [-0.3, -0.25) is 4.79 Å². The summed E-state index contributed by atoms with van der Waals surface area (Å²) in [5.74, 6) is -0.0800. The van der Waals surface area contributed by atoms with Crippen LogP contribution in [0.2, 0.25) is 0 Å². The smallest absolute Gasteiger partial charge is 0.321 e. The number of nitrogens with zero attached hydrogens (tertiary/aromatic N) is 2. The number of aryl methyl sites for hydroxylation is 1. The number of aliphatic carboxylic acids is 1. The predicted molar refractivity (Wildman–Crippen MR) is 46.4 cm³/mol. The van der Waals surface area contributed by atoms with E-state index in [0.717, 1.165) is 0 Å². The van der Waals surface area contributed by atoms with E-state index in [2.05, 4.69) is 15.5 Å². The van der Waals surface area contributed by atoms with Gasteiger partial charge in [-0.25, -0.2) is 0 Å². The molecule has 0 saturated heterocycles. The van der Waals surface area contributed by atoms with E-state index < -0.39 is 12.0 Å². The monoisotopic (exact) mass is 200 g/mol. The lowest BCUT2D eigenvalue weighted by atomic mass is 10.3. The standard InChI is InChI=1S/C7H12N4O3/c1-4-10-6(14-11-4)3-9-2-5(8)7(12)13/h5,9H,2-3,8H2,1H3,(H,12,13). The van der Waals surface area contributed by atoms with Gasteiger partial charge in [0, 0.05) is 6.54 Å². The quantitative estimate of drug-likeness (QED) is 0.551. The van der Waals surface area contributed by atoms with Crippen LogP contribution in [0.4, 0.5) is 0 Å². The van der Waals surface area contributed by atoms with Crippen molar-refractivity contribution in [3.63, 3.8) is 0 Å². The number of hydrogen-bond acceptors (Lipinski definition) is 6. The molecule has 0 spiro atoms. The van der Waals surface area contributed by atoms with Crippen LogP contribution in [0.1, 0.15) is 11.7 Å². The summed E-state index contributed by atoms with van der Waals surface area (Å²) in [7, 11) is 0. The first-order valence-electron chi connectivity index (χ1n) is 4.08. The highest BCUT2D eigenvalue weighted by atomic mass is 16.5. The van der Waals surface area contributed by atoms with Crippen LogP contribution in [0, 0.1) is 6.92 Å². The fourth-order valence-electron chi connectivity index (χ4n) is 0.834. The molecule has 1 unspecified atom stereocenters. The number of hydrogen-bond donors (Lipinski definition) is 3. The Morgan fingerprint density at radius 2 is 2.50 bits per heavy atom. The Balaban J connectivity index is 2.25. The maximum Gasteiger partial charge on any atom is 0.321 e. The molecule has 0 amide bonds. The summed E-state index contributed by atoms with van der Waals surface area (Å²) in [6.07, 6.45) is 0. The van der Waals surface area contributed by atoms with Gasteiger partial charge in [-0.2, -0.15) is 4.98 Å². The lowest BCUT2D eigenvalue weighted by molar-refractivity contribution is -0.138. The van der Waals surface area contributed by atoms with Crippen LogP contribution in [0.15, 0.2) is 4.52 Å². The third-order valence-electron chi connectivity index (χ3n) is 1.53. The normalized spacial score (nSPS) is 12.7. The summed E-state index contributed by atoms with van der Waals surface area (Å²) in [5, 5.41) is 14.8. The second kappa shape index (κ2) is 4.68. The molecule has 0 aliphatic rings. The molecule has 0 saturated carbocycles. The van der Waals surface area contributed by atoms with Crippen LogP contribution in [-0.4, -0.2) is 33.8 Å². The molecule has 1 atom stereocenters. The van der Waals surface area contributed by atoms with Crippen molar-refractivity contribution in [2.24, 2.45) is 5.73 Å². The molecule has 7 nitrogen and oxygen atoms in total. The molecule has 7 heteroatoms. The zero-order chi connectivity index (χ0) is 10.6. The van der Waals surface area contributed by atoms with Crippen molar-refractivity contribution >= 4 is 5.97 Å². The Morgan fingerprint density at radius 3 is 3.00 bits per heavy atom. The molecule has 4 N–H and O–H groups in total. The van der Waals surface area contributed by atoms with Gasteiger partial charge in [-0.1, -0.05) is 5.16 Å². The van der Waals surface area contributed by atoms with Crippen LogP contribution in [0.3, 0.4) is 0 Å². The highest BCUT2D eigenvalue weighted by Gasteiger charge is 2.10. The fourth-order valence-corrected chi connectivity index (χ4v) is 0.834. The van der Waals surface area contributed by atoms with Gasteiger partial charge in [0.15, 0.2) is 5.82 Å². The molecule has 78 valence electrons. The van der Waals surface area contributed by atoms with Gasteiger partial charge in [0.05, 0.1) is 6.54 Å². The summed E-state index contributed by atoms with van der Waals surface area (Å²) in [6.45, 7) is 2.19. The average Bonchev–Trinajstić information content (AvgIpc) is 2.51. The minimum absolute atomic E-state index is 0.163. The van der Waals surface area contributed by atoms with Gasteiger partial charge in [0.25, 0.3) is 0 Å². The highest BCUT2D eigenvalue weighted by molar-refractivity contribution is 5.73. The Morgan fingerprint density at radius 1 is 1.79 bits per heavy atom. The van der Waals surface area contributed by atoms with E-state index in [0.29, 0.717) is 18.3 Å². The molecule has 1 rings (SSSR count). The SMILES string of the molecule is Cc1noc(CNCC(N)C(=O)O)n1. The van der Waals surface area contributed by atoms with E-state index in [4.69, 9.17) is 15.4 Å². The lowest BCUT2D eigenvalue weighted by Gasteiger charge is -2.05. The topological polar surface area (TPSA) is 114 Å². The summed E-state index contributed by atoms with van der Waals surface area (Å²) < 4.78 is 4.79. The molecule has 0 aliphatic heterocycles. The maximum absolute atomic E-state index is 10.3. The minimum Gasteiger partial charge on any atom is -0.480 e. The molecule has 0 radical (unpaired) electrons. The van der Waals surface area contributed by atoms with E-state index >= 15 is 0 Å². The van der Waals surface area contributed by atoms with Crippen molar-refractivity contribution < 1.29 is 14.4 Å². The number of carboxylic acid groups (broad SMARTS) is 1. The molecular formula is C7H12N4O3. The second-order valence-electron chi connectivity index (χ2n) is 2.81. The summed E-state index contributed by atoms with van der Waals surface area (Å²) in [6, 6.07) is -0.918. The van der Waals surface area contributed by atoms with Crippen LogP contribution in [0.5, 0.6) is 0 Å². The van der Waals surface area contributed by atoms with E-state index in [1.807, 2.05) is 0 Å². The molecule has 1 aromatic heterocycles. The van der Waals surface area contributed by atoms with Crippen molar-refractivity contribution in [3.05, 3.63) is 11.7 Å². The number of nitrogens with one attached hydrogen (secondary N) is 1. The Bertz CT molecular complexity index is 312. The van der Waals surface area contributed by atoms with Gasteiger partial charge in [-0.15, -0.1) is 0 Å². The first-order valence-corrected chi connectivity index (χ1v) is 4.08. The predicted octanol–water partition coefficient (Wildman–Crippen LogP) is -1.12. The molecule has 0 aromatic carbocycles. The first-order chi connectivity index (χ1) is 6.59. The molecule has 1 aromatic rings. The number of carboxylic acids is 1. The Kier molecular flexibility index (Phi) is 3.55. The zero-order valence-corrected chi connectivity index (χ0v) is 7.73. The van der Waals surface area contributed by atoms with E-state index in [1.54, 1.807) is 6.92 Å². The maximum atomic E-state index is 10.3. The van der Waals surface area contributed by atoms with Crippen LogP contribution < -0.4 is 11.1 Å². The van der Waals surface area contributed by atoms with Gasteiger partial charge in [0.2, 0.25) is 5.89 Å². The average molecular weight is 200 g/mol. The summed E-state index contributed by atoms with van der Waals surface area (Å²) in [5.41, 5.74) is 5.26. The van der Waals surface area contributed by atoms with E-state index in [-0.39, 0.29) is 6.54 Å². The van der Waals surface area contributed by atoms with E-state index in [1.165, 1.54) is 0 Å². The molecule has 0 bridgehead atoms. The number of nitrogens with two attached hydrogens (primary N) is 1. The van der Waals surface area contributed by atoms with Gasteiger partial charge < -0.3 is 20.7 Å². The number of aromatic nitrogens is 2. The zero-order valence-electron chi connectivity index (χ0n) is 7.73. The third kappa shape index (κ3) is 3.11. The highest BCUT2D eigenvalue weighted by Crippen LogP contribution is 1.94. The fraction of sp³-hybridized carbons (Fsp3) is 0.571. The number of rotatable bonds is 5. The van der Waals surface area contributed by atoms with Gasteiger partial charge in [0.1, 0.15) is 6.04 Å². The van der Waals surface area contributed by atoms with Gasteiger partial charge >= 0.3 is 5.97 Å². The molecular weight excluding hydrogens is 188 g/mol. The van der Waals surface area contributed by atoms with Gasteiger partial charge in [-0.05, 0) is 6.92 Å². The molecule has 14 heavy (non-hydrogen) atoms. The molecule has 0 fully saturated rings. The largest absolute Gasteiger partial charge is 0.480 e. The van der Waals surface area contributed by atoms with Crippen molar-refractivity contribution in [2.45, 2.75) is 19.5 Å². The molecule has 0 aliphatic carbocycles. The third-order valence-corrected chi connectivity index (χ3v) is 1.53. The van der Waals surface area contributed by atoms with Crippen molar-refractivity contribution in [1.82, 2.24) is 15.5 Å². The van der Waals surface area contributed by atoms with Crippen LogP contribution >= 0.6 is 0 Å². The lowest BCUT2D eigenvalue weighted by Crippen LogP contribution is -2.40. The minimum atomic E-state index is -1.04. The second-order valence-corrected chi connectivity index (χ2v) is 2.81. The summed E-state index contributed by atoms with van der Waals surface area (Å²) in [4.78, 5) is 14.3. The Labute approximate surface area is 80.3 Å². The molecule has 1 heterocycles. The van der Waals surface area contributed by atoms with Crippen molar-refractivity contribution in [2.75, 3.05) is 6.54 Å². The van der Waals surface area contributed by atoms with Crippen molar-refractivity contribution in [3.8, 4) is 0 Å². The van der Waals surface area contributed by atoms with Crippen LogP contribution in [0.25, 0.3) is 0 Å². The first kappa shape index (κ1) is 10.6.